The molecule has 2 fully saturated rings. The third kappa shape index (κ3) is 3.26. The average molecular weight is 375 g/mol. The summed E-state index contributed by atoms with van der Waals surface area (Å²) >= 11 is 0. The maximum atomic E-state index is 13.2. The molecule has 2 N–H and O–H groups in total. The monoisotopic (exact) mass is 374 g/mol. The van der Waals surface area contributed by atoms with Gasteiger partial charge in [-0.15, -0.1) is 12.4 Å². The van der Waals surface area contributed by atoms with Crippen molar-refractivity contribution in [3.63, 3.8) is 0 Å². The summed E-state index contributed by atoms with van der Waals surface area (Å²) in [5.74, 6) is 0.111. The van der Waals surface area contributed by atoms with E-state index in [0.717, 1.165) is 38.8 Å². The molecule has 0 spiro atoms. The molecule has 1 saturated carbocycles. The molecule has 0 atom stereocenters. The van der Waals surface area contributed by atoms with E-state index in [4.69, 9.17) is 0 Å². The Bertz CT molecular complexity index is 707. The topological polar surface area (TPSA) is 59.0 Å². The predicted molar refractivity (Wildman–Crippen MR) is 105 cm³/mol. The molecule has 1 saturated heterocycles. The van der Waals surface area contributed by atoms with Gasteiger partial charge in [-0.1, -0.05) is 36.8 Å². The molecule has 0 unspecified atom stereocenters. The van der Waals surface area contributed by atoms with Crippen molar-refractivity contribution in [1.29, 1.82) is 0 Å². The van der Waals surface area contributed by atoms with Crippen molar-refractivity contribution < 1.29 is 4.79 Å². The van der Waals surface area contributed by atoms with Gasteiger partial charge in [-0.05, 0) is 50.4 Å². The van der Waals surface area contributed by atoms with Crippen LogP contribution in [-0.2, 0) is 15.7 Å². The fourth-order valence-electron chi connectivity index (χ4n) is 4.30. The maximum absolute atomic E-state index is 13.2. The molecule has 140 valence electrons. The van der Waals surface area contributed by atoms with Crippen LogP contribution >= 0.6 is 12.4 Å². The van der Waals surface area contributed by atoms with Gasteiger partial charge in [0.05, 0.1) is 0 Å². The summed E-state index contributed by atoms with van der Waals surface area (Å²) in [6.07, 6.45) is 8.76. The molecule has 1 aliphatic heterocycles. The minimum atomic E-state index is -0.559. The number of hydrogen-bond donors (Lipinski definition) is 2. The van der Waals surface area contributed by atoms with Crippen molar-refractivity contribution in [2.24, 2.45) is 0 Å². The lowest BCUT2D eigenvalue weighted by atomic mass is 9.64. The van der Waals surface area contributed by atoms with Gasteiger partial charge in [0.1, 0.15) is 5.54 Å². The molecule has 1 aromatic heterocycles. The van der Waals surface area contributed by atoms with Crippen LogP contribution in [0.5, 0.6) is 0 Å². The first-order valence-corrected chi connectivity index (χ1v) is 9.30. The van der Waals surface area contributed by atoms with Crippen molar-refractivity contribution in [3.05, 3.63) is 54.4 Å². The summed E-state index contributed by atoms with van der Waals surface area (Å²) in [6.45, 7) is 2.40. The van der Waals surface area contributed by atoms with Crippen LogP contribution in [0.2, 0.25) is 0 Å². The Balaban J connectivity index is 0.00000196. The predicted octanol–water partition coefficient (Wildman–Crippen LogP) is 2.62. The lowest BCUT2D eigenvalue weighted by Crippen LogP contribution is -2.57. The van der Waals surface area contributed by atoms with Crippen molar-refractivity contribution in [1.82, 2.24) is 20.4 Å². The summed E-state index contributed by atoms with van der Waals surface area (Å²) < 4.78 is 1.86. The van der Waals surface area contributed by atoms with Crippen LogP contribution in [0.25, 0.3) is 0 Å². The Labute approximate surface area is 161 Å². The minimum Gasteiger partial charge on any atom is -0.353 e. The molecule has 5 nitrogen and oxygen atoms in total. The molecule has 6 heteroatoms. The first kappa shape index (κ1) is 18.9. The fourth-order valence-corrected chi connectivity index (χ4v) is 4.30. The molecule has 2 aliphatic rings. The molecule has 2 heterocycles. The quantitative estimate of drug-likeness (QED) is 0.845. The van der Waals surface area contributed by atoms with E-state index in [1.807, 2.05) is 16.9 Å². The zero-order valence-corrected chi connectivity index (χ0v) is 15.8. The Hall–Kier alpha value is -1.85. The van der Waals surface area contributed by atoms with E-state index in [1.54, 1.807) is 6.20 Å². The van der Waals surface area contributed by atoms with Crippen LogP contribution in [0.1, 0.15) is 37.7 Å². The smallest absolute Gasteiger partial charge is 0.248 e. The van der Waals surface area contributed by atoms with Crippen molar-refractivity contribution >= 4 is 18.3 Å². The van der Waals surface area contributed by atoms with E-state index in [1.165, 1.54) is 12.0 Å². The van der Waals surface area contributed by atoms with E-state index in [0.29, 0.717) is 6.54 Å². The Morgan fingerprint density at radius 3 is 2.42 bits per heavy atom. The molecule has 2 aromatic rings. The highest BCUT2D eigenvalue weighted by Crippen LogP contribution is 2.43. The van der Waals surface area contributed by atoms with Crippen LogP contribution < -0.4 is 10.6 Å². The zero-order chi connectivity index (χ0) is 17.2. The van der Waals surface area contributed by atoms with Crippen LogP contribution in [0.3, 0.4) is 0 Å². The van der Waals surface area contributed by atoms with Gasteiger partial charge in [-0.2, -0.15) is 5.10 Å². The number of carbonyl (C=O) groups is 1. The van der Waals surface area contributed by atoms with Gasteiger partial charge in [0.2, 0.25) is 5.91 Å². The van der Waals surface area contributed by atoms with Gasteiger partial charge in [-0.25, -0.2) is 0 Å². The van der Waals surface area contributed by atoms with Crippen molar-refractivity contribution in [2.75, 3.05) is 19.6 Å². The number of benzene rings is 1. The summed E-state index contributed by atoms with van der Waals surface area (Å²) in [7, 11) is 0. The summed E-state index contributed by atoms with van der Waals surface area (Å²) in [4.78, 5) is 13.2. The number of piperidine rings is 1. The number of nitrogens with one attached hydrogen (secondary N) is 2. The third-order valence-corrected chi connectivity index (χ3v) is 6.08. The van der Waals surface area contributed by atoms with E-state index < -0.39 is 5.54 Å². The number of nitrogens with zero attached hydrogens (tertiary/aromatic N) is 2. The highest BCUT2D eigenvalue weighted by Gasteiger charge is 2.44. The SMILES string of the molecule is Cl.O=C(NCC1(c2ccccc2)CCC1)C1(n2cccn2)CCNCC1. The number of aromatic nitrogens is 2. The standard InChI is InChI=1S/C20H26N4O.ClH/c25-18(20(10-13-21-14-11-20)24-15-5-12-23-24)22-16-19(8-4-9-19)17-6-2-1-3-7-17;/h1-3,5-7,12,15,21H,4,8-11,13-14,16H2,(H,22,25);1H. The molecule has 1 aliphatic carbocycles. The summed E-state index contributed by atoms with van der Waals surface area (Å²) in [6, 6.07) is 12.5. The van der Waals surface area contributed by atoms with Gasteiger partial charge >= 0.3 is 0 Å². The lowest BCUT2D eigenvalue weighted by Gasteiger charge is -2.44. The first-order valence-electron chi connectivity index (χ1n) is 9.30. The second-order valence-electron chi connectivity index (χ2n) is 7.41. The van der Waals surface area contributed by atoms with E-state index in [9.17, 15) is 4.79 Å². The van der Waals surface area contributed by atoms with E-state index in [-0.39, 0.29) is 23.7 Å². The number of amides is 1. The molecule has 0 bridgehead atoms. The molecule has 1 aromatic carbocycles. The summed E-state index contributed by atoms with van der Waals surface area (Å²) in [5.41, 5.74) is 0.894. The molecular formula is C20H27ClN4O. The summed E-state index contributed by atoms with van der Waals surface area (Å²) in [5, 5.41) is 11.0. The number of carbonyl (C=O) groups excluding carboxylic acids is 1. The van der Waals surface area contributed by atoms with Crippen molar-refractivity contribution in [2.45, 2.75) is 43.1 Å². The third-order valence-electron chi connectivity index (χ3n) is 6.08. The minimum absolute atomic E-state index is 0. The van der Waals surface area contributed by atoms with Gasteiger partial charge in [0.15, 0.2) is 0 Å². The Morgan fingerprint density at radius 2 is 1.85 bits per heavy atom. The van der Waals surface area contributed by atoms with E-state index >= 15 is 0 Å². The molecule has 1 amide bonds. The zero-order valence-electron chi connectivity index (χ0n) is 15.0. The average Bonchev–Trinajstić information content (AvgIpc) is 3.17. The molecule has 4 rings (SSSR count). The lowest BCUT2D eigenvalue weighted by molar-refractivity contribution is -0.132. The highest BCUT2D eigenvalue weighted by molar-refractivity contribution is 5.85. The van der Waals surface area contributed by atoms with Gasteiger partial charge in [-0.3, -0.25) is 9.48 Å². The van der Waals surface area contributed by atoms with Crippen LogP contribution in [0.4, 0.5) is 0 Å². The first-order chi connectivity index (χ1) is 12.3. The maximum Gasteiger partial charge on any atom is 0.248 e. The van der Waals surface area contributed by atoms with Crippen molar-refractivity contribution in [3.8, 4) is 0 Å². The molecular weight excluding hydrogens is 348 g/mol. The fraction of sp³-hybridized carbons (Fsp3) is 0.500. The number of rotatable bonds is 5. The number of halogens is 1. The normalized spacial score (nSPS) is 20.5. The van der Waals surface area contributed by atoms with Crippen LogP contribution in [0.15, 0.2) is 48.8 Å². The largest absolute Gasteiger partial charge is 0.353 e. The van der Waals surface area contributed by atoms with Gasteiger partial charge in [0, 0.05) is 24.4 Å². The Kier molecular flexibility index (Phi) is 5.68. The van der Waals surface area contributed by atoms with Crippen LogP contribution in [0, 0.1) is 0 Å². The molecule has 0 radical (unpaired) electrons. The Morgan fingerprint density at radius 1 is 1.12 bits per heavy atom. The number of hydrogen-bond acceptors (Lipinski definition) is 3. The molecule has 26 heavy (non-hydrogen) atoms. The van der Waals surface area contributed by atoms with Gasteiger partial charge < -0.3 is 10.6 Å². The second-order valence-corrected chi connectivity index (χ2v) is 7.41. The van der Waals surface area contributed by atoms with E-state index in [2.05, 4.69) is 46.1 Å². The second kappa shape index (κ2) is 7.80. The highest BCUT2D eigenvalue weighted by atomic mass is 35.5. The van der Waals surface area contributed by atoms with Gasteiger partial charge in [0.25, 0.3) is 0 Å². The van der Waals surface area contributed by atoms with Crippen LogP contribution in [-0.4, -0.2) is 35.3 Å².